The Morgan fingerprint density at radius 3 is 2.62 bits per heavy atom. The maximum absolute atomic E-state index is 12.9. The largest absolute Gasteiger partial charge is 0.355 e. The van der Waals surface area contributed by atoms with Crippen molar-refractivity contribution in [3.05, 3.63) is 81.0 Å². The molecule has 0 radical (unpaired) electrons. The third-order valence-electron chi connectivity index (χ3n) is 5.33. The van der Waals surface area contributed by atoms with Crippen molar-refractivity contribution in [1.82, 2.24) is 14.9 Å². The Balaban J connectivity index is 1.54. The van der Waals surface area contributed by atoms with E-state index < -0.39 is 4.92 Å². The third kappa shape index (κ3) is 4.86. The number of hydrogen-bond acceptors (Lipinski definition) is 6. The zero-order valence-corrected chi connectivity index (χ0v) is 18.3. The van der Waals surface area contributed by atoms with Crippen molar-refractivity contribution in [2.24, 2.45) is 0 Å². The molecule has 0 aliphatic carbocycles. The molecule has 0 bridgehead atoms. The van der Waals surface area contributed by atoms with Gasteiger partial charge in [0, 0.05) is 66.2 Å². The first-order chi connectivity index (χ1) is 15.4. The molecule has 4 rings (SSSR count). The first-order valence-corrected chi connectivity index (χ1v) is 10.7. The summed E-state index contributed by atoms with van der Waals surface area (Å²) in [6.07, 6.45) is 0.793. The van der Waals surface area contributed by atoms with Crippen LogP contribution >= 0.6 is 11.6 Å². The van der Waals surface area contributed by atoms with Gasteiger partial charge < -0.3 is 9.80 Å². The molecule has 2 heterocycles. The van der Waals surface area contributed by atoms with Gasteiger partial charge in [0.2, 0.25) is 0 Å². The zero-order valence-electron chi connectivity index (χ0n) is 17.6. The Kier molecular flexibility index (Phi) is 6.32. The second-order valence-corrected chi connectivity index (χ2v) is 8.08. The van der Waals surface area contributed by atoms with E-state index in [0.717, 1.165) is 24.5 Å². The second-order valence-electron chi connectivity index (χ2n) is 7.64. The molecule has 2 aromatic carbocycles. The molecule has 1 aromatic heterocycles. The molecule has 3 aromatic rings. The number of carbonyl (C=O) groups excluding carboxylic acids is 1. The van der Waals surface area contributed by atoms with Gasteiger partial charge in [-0.3, -0.25) is 14.9 Å². The quantitative estimate of drug-likeness (QED) is 0.432. The van der Waals surface area contributed by atoms with E-state index in [0.29, 0.717) is 41.6 Å². The number of nitro benzene ring substituents is 1. The van der Waals surface area contributed by atoms with Crippen molar-refractivity contribution in [2.75, 3.05) is 31.1 Å². The average molecular weight is 452 g/mol. The van der Waals surface area contributed by atoms with Gasteiger partial charge in [-0.2, -0.15) is 0 Å². The molecule has 0 unspecified atom stereocenters. The predicted octanol–water partition coefficient (Wildman–Crippen LogP) is 4.37. The summed E-state index contributed by atoms with van der Waals surface area (Å²) < 4.78 is 0. The average Bonchev–Trinajstić information content (AvgIpc) is 3.04. The van der Waals surface area contributed by atoms with Crippen LogP contribution in [0, 0.1) is 17.0 Å². The first kappa shape index (κ1) is 21.7. The molecule has 8 nitrogen and oxygen atoms in total. The van der Waals surface area contributed by atoms with Gasteiger partial charge in [0.1, 0.15) is 5.82 Å². The SMILES string of the molecule is Cc1cc(N2CCCN(C(=O)c3cccc(Cl)c3)CC2)nc(-c2cccc([N+](=O)[O-])c2)n1. The Labute approximate surface area is 190 Å². The number of aryl methyl sites for hydroxylation is 1. The fourth-order valence-electron chi connectivity index (χ4n) is 3.76. The molecule has 0 atom stereocenters. The highest BCUT2D eigenvalue weighted by molar-refractivity contribution is 6.30. The summed E-state index contributed by atoms with van der Waals surface area (Å²) >= 11 is 6.04. The van der Waals surface area contributed by atoms with Crippen LogP contribution in [0.3, 0.4) is 0 Å². The number of aromatic nitrogens is 2. The monoisotopic (exact) mass is 451 g/mol. The van der Waals surface area contributed by atoms with Crippen molar-refractivity contribution in [1.29, 1.82) is 0 Å². The number of halogens is 1. The summed E-state index contributed by atoms with van der Waals surface area (Å²) in [6.45, 7) is 4.43. The van der Waals surface area contributed by atoms with Gasteiger partial charge in [-0.05, 0) is 31.5 Å². The lowest BCUT2D eigenvalue weighted by Crippen LogP contribution is -2.35. The molecule has 1 fully saturated rings. The minimum absolute atomic E-state index is 0.000835. The topological polar surface area (TPSA) is 92.5 Å². The van der Waals surface area contributed by atoms with Crippen molar-refractivity contribution >= 4 is 29.0 Å². The van der Waals surface area contributed by atoms with Crippen molar-refractivity contribution in [3.63, 3.8) is 0 Å². The van der Waals surface area contributed by atoms with E-state index in [9.17, 15) is 14.9 Å². The van der Waals surface area contributed by atoms with Crippen LogP contribution < -0.4 is 4.90 Å². The highest BCUT2D eigenvalue weighted by Gasteiger charge is 2.22. The summed E-state index contributed by atoms with van der Waals surface area (Å²) in [5.74, 6) is 1.15. The van der Waals surface area contributed by atoms with Gasteiger partial charge in [0.25, 0.3) is 11.6 Å². The summed E-state index contributed by atoms with van der Waals surface area (Å²) in [5.41, 5.74) is 1.94. The lowest BCUT2D eigenvalue weighted by atomic mass is 10.2. The van der Waals surface area contributed by atoms with Crippen LogP contribution in [0.1, 0.15) is 22.5 Å². The number of nitro groups is 1. The number of non-ortho nitro benzene ring substituents is 1. The number of benzene rings is 2. The number of amides is 1. The predicted molar refractivity (Wildman–Crippen MR) is 123 cm³/mol. The third-order valence-corrected chi connectivity index (χ3v) is 5.57. The molecule has 1 saturated heterocycles. The summed E-state index contributed by atoms with van der Waals surface area (Å²) in [4.78, 5) is 36.7. The zero-order chi connectivity index (χ0) is 22.7. The minimum atomic E-state index is -0.430. The van der Waals surface area contributed by atoms with Crippen LogP contribution in [-0.2, 0) is 0 Å². The van der Waals surface area contributed by atoms with E-state index in [2.05, 4.69) is 14.9 Å². The normalized spacial score (nSPS) is 14.2. The summed E-state index contributed by atoms with van der Waals surface area (Å²) in [6, 6.07) is 15.2. The van der Waals surface area contributed by atoms with Gasteiger partial charge in [0.05, 0.1) is 4.92 Å². The Morgan fingerprint density at radius 2 is 1.84 bits per heavy atom. The van der Waals surface area contributed by atoms with Crippen LogP contribution in [0.4, 0.5) is 11.5 Å². The van der Waals surface area contributed by atoms with Crippen LogP contribution in [0.2, 0.25) is 5.02 Å². The Bertz CT molecular complexity index is 1170. The number of rotatable bonds is 4. The van der Waals surface area contributed by atoms with E-state index in [4.69, 9.17) is 11.6 Å². The maximum atomic E-state index is 12.9. The highest BCUT2D eigenvalue weighted by atomic mass is 35.5. The molecule has 9 heteroatoms. The minimum Gasteiger partial charge on any atom is -0.355 e. The molecule has 164 valence electrons. The van der Waals surface area contributed by atoms with Crippen LogP contribution in [0.25, 0.3) is 11.4 Å². The molecule has 1 aliphatic rings. The van der Waals surface area contributed by atoms with Gasteiger partial charge in [-0.25, -0.2) is 9.97 Å². The number of anilines is 1. The molecule has 0 N–H and O–H groups in total. The molecular weight excluding hydrogens is 430 g/mol. The van der Waals surface area contributed by atoms with E-state index in [-0.39, 0.29) is 11.6 Å². The molecule has 1 aliphatic heterocycles. The fraction of sp³-hybridized carbons (Fsp3) is 0.261. The number of hydrogen-bond donors (Lipinski definition) is 0. The van der Waals surface area contributed by atoms with E-state index in [1.54, 1.807) is 36.4 Å². The summed E-state index contributed by atoms with van der Waals surface area (Å²) in [7, 11) is 0. The highest BCUT2D eigenvalue weighted by Crippen LogP contribution is 2.24. The molecule has 32 heavy (non-hydrogen) atoms. The number of carbonyl (C=O) groups is 1. The summed E-state index contributed by atoms with van der Waals surface area (Å²) in [5, 5.41) is 11.7. The van der Waals surface area contributed by atoms with Gasteiger partial charge >= 0.3 is 0 Å². The molecule has 0 spiro atoms. The standard InChI is InChI=1S/C23H22ClN5O3/c1-16-13-21(26-22(25-16)17-5-3-8-20(15-17)29(31)32)27-9-4-10-28(12-11-27)23(30)18-6-2-7-19(24)14-18/h2-3,5-8,13-15H,4,9-12H2,1H3. The van der Waals surface area contributed by atoms with Crippen molar-refractivity contribution < 1.29 is 9.72 Å². The van der Waals surface area contributed by atoms with Crippen molar-refractivity contribution in [3.8, 4) is 11.4 Å². The second kappa shape index (κ2) is 9.32. The van der Waals surface area contributed by atoms with Crippen LogP contribution in [0.15, 0.2) is 54.6 Å². The first-order valence-electron chi connectivity index (χ1n) is 10.3. The Morgan fingerprint density at radius 1 is 1.03 bits per heavy atom. The van der Waals surface area contributed by atoms with Crippen LogP contribution in [0.5, 0.6) is 0 Å². The molecule has 0 saturated carbocycles. The number of nitrogens with zero attached hydrogens (tertiary/aromatic N) is 5. The lowest BCUT2D eigenvalue weighted by molar-refractivity contribution is -0.384. The van der Waals surface area contributed by atoms with Crippen molar-refractivity contribution in [2.45, 2.75) is 13.3 Å². The maximum Gasteiger partial charge on any atom is 0.270 e. The van der Waals surface area contributed by atoms with E-state index in [1.807, 2.05) is 17.9 Å². The van der Waals surface area contributed by atoms with Crippen LogP contribution in [-0.4, -0.2) is 51.9 Å². The fourth-order valence-corrected chi connectivity index (χ4v) is 3.95. The van der Waals surface area contributed by atoms with E-state index in [1.165, 1.54) is 12.1 Å². The molecular formula is C23H22ClN5O3. The Hall–Kier alpha value is -3.52. The van der Waals surface area contributed by atoms with Gasteiger partial charge in [-0.1, -0.05) is 29.8 Å². The smallest absolute Gasteiger partial charge is 0.270 e. The van der Waals surface area contributed by atoms with Gasteiger partial charge in [0.15, 0.2) is 5.82 Å². The lowest BCUT2D eigenvalue weighted by Gasteiger charge is -2.23. The van der Waals surface area contributed by atoms with Gasteiger partial charge in [-0.15, -0.1) is 0 Å². The van der Waals surface area contributed by atoms with E-state index >= 15 is 0 Å². The molecule has 1 amide bonds.